The van der Waals surface area contributed by atoms with Crippen LogP contribution in [0.4, 0.5) is 11.5 Å². The Kier molecular flexibility index (Phi) is 6.09. The summed E-state index contributed by atoms with van der Waals surface area (Å²) in [4.78, 5) is 22.2. The number of aliphatic imine (C=N–C) groups is 1. The number of amides is 1. The van der Waals surface area contributed by atoms with Gasteiger partial charge in [0.15, 0.2) is 0 Å². The van der Waals surface area contributed by atoms with E-state index >= 15 is 0 Å². The Bertz CT molecular complexity index is 1170. The van der Waals surface area contributed by atoms with Crippen molar-refractivity contribution in [3.63, 3.8) is 0 Å². The van der Waals surface area contributed by atoms with Crippen molar-refractivity contribution in [2.75, 3.05) is 24.3 Å². The van der Waals surface area contributed by atoms with Gasteiger partial charge in [-0.05, 0) is 55.2 Å². The molecule has 1 aliphatic rings. The van der Waals surface area contributed by atoms with E-state index in [0.717, 1.165) is 53.9 Å². The van der Waals surface area contributed by atoms with Crippen molar-refractivity contribution < 1.29 is 10.0 Å². The van der Waals surface area contributed by atoms with E-state index in [1.54, 1.807) is 6.07 Å². The number of H-pyrrole nitrogens is 1. The van der Waals surface area contributed by atoms with Gasteiger partial charge in [0.2, 0.25) is 0 Å². The number of rotatable bonds is 6. The van der Waals surface area contributed by atoms with Gasteiger partial charge >= 0.3 is 0 Å². The molecule has 1 aliphatic heterocycles. The first-order chi connectivity index (χ1) is 15.5. The summed E-state index contributed by atoms with van der Waals surface area (Å²) < 4.78 is 0. The standard InChI is InChI=1S/C25H27N5O2/c1-3-27-23(19-7-6-8-21(29-32)16(19)2)20-15-22(28-24(20)26)17-9-11-18(12-10-17)25(31)30-13-4-5-14-30/h3,6-12,15,28-29,32H,1,4-5,13-14,26H2,2H3. The lowest BCUT2D eigenvalue weighted by Gasteiger charge is -2.15. The normalized spacial score (nSPS) is 13.9. The summed E-state index contributed by atoms with van der Waals surface area (Å²) in [7, 11) is 0. The number of nitrogens with zero attached hydrogens (tertiary/aromatic N) is 2. The average Bonchev–Trinajstić information content (AvgIpc) is 3.48. The summed E-state index contributed by atoms with van der Waals surface area (Å²) in [6, 6.07) is 15.0. The number of nitrogen functional groups attached to an aromatic ring is 1. The van der Waals surface area contributed by atoms with Gasteiger partial charge in [0, 0.05) is 41.7 Å². The molecule has 0 atom stereocenters. The average molecular weight is 430 g/mol. The highest BCUT2D eigenvalue weighted by atomic mass is 16.5. The second kappa shape index (κ2) is 9.11. The SMILES string of the molecule is C=CN=C(c1cc(-c2ccc(C(=O)N3CCCC3)cc2)[nH]c1N)c1cccc(NO)c1C. The van der Waals surface area contributed by atoms with Gasteiger partial charge in [-0.15, -0.1) is 0 Å². The third kappa shape index (κ3) is 4.02. The molecule has 1 fully saturated rings. The second-order valence-corrected chi connectivity index (χ2v) is 7.84. The molecular formula is C25H27N5O2. The Hall–Kier alpha value is -3.84. The molecule has 1 amide bonds. The summed E-state index contributed by atoms with van der Waals surface area (Å²) >= 11 is 0. The maximum Gasteiger partial charge on any atom is 0.253 e. The molecular weight excluding hydrogens is 402 g/mol. The van der Waals surface area contributed by atoms with Gasteiger partial charge in [0.1, 0.15) is 5.82 Å². The first-order valence-corrected chi connectivity index (χ1v) is 10.6. The molecule has 0 aliphatic carbocycles. The molecule has 0 radical (unpaired) electrons. The zero-order valence-electron chi connectivity index (χ0n) is 18.1. The molecule has 2 heterocycles. The van der Waals surface area contributed by atoms with Gasteiger partial charge < -0.3 is 15.6 Å². The highest BCUT2D eigenvalue weighted by molar-refractivity contribution is 6.17. The predicted molar refractivity (Wildman–Crippen MR) is 128 cm³/mol. The number of nitrogens with two attached hydrogens (primary N) is 1. The van der Waals surface area contributed by atoms with Crippen LogP contribution in [-0.4, -0.2) is 39.8 Å². The molecule has 2 aromatic carbocycles. The fourth-order valence-corrected chi connectivity index (χ4v) is 4.11. The third-order valence-electron chi connectivity index (χ3n) is 5.87. The van der Waals surface area contributed by atoms with Crippen LogP contribution in [0.15, 0.2) is 66.3 Å². The number of benzene rings is 2. The van der Waals surface area contributed by atoms with E-state index in [0.29, 0.717) is 22.8 Å². The fraction of sp³-hybridized carbons (Fsp3) is 0.200. The Morgan fingerprint density at radius 2 is 1.91 bits per heavy atom. The number of carbonyl (C=O) groups is 1. The third-order valence-corrected chi connectivity index (χ3v) is 5.87. The fourth-order valence-electron chi connectivity index (χ4n) is 4.11. The molecule has 0 spiro atoms. The summed E-state index contributed by atoms with van der Waals surface area (Å²) in [6.07, 6.45) is 3.61. The zero-order valence-corrected chi connectivity index (χ0v) is 18.1. The van der Waals surface area contributed by atoms with Crippen LogP contribution >= 0.6 is 0 Å². The molecule has 7 heteroatoms. The van der Waals surface area contributed by atoms with Gasteiger partial charge in [-0.1, -0.05) is 30.8 Å². The molecule has 5 N–H and O–H groups in total. The molecule has 0 unspecified atom stereocenters. The van der Waals surface area contributed by atoms with Gasteiger partial charge in [-0.3, -0.25) is 20.5 Å². The largest absolute Gasteiger partial charge is 0.385 e. The van der Waals surface area contributed by atoms with Crippen LogP contribution in [0.3, 0.4) is 0 Å². The number of hydrogen-bond donors (Lipinski definition) is 4. The van der Waals surface area contributed by atoms with Gasteiger partial charge in [0.25, 0.3) is 5.91 Å². The lowest BCUT2D eigenvalue weighted by molar-refractivity contribution is 0.0793. The van der Waals surface area contributed by atoms with Crippen molar-refractivity contribution in [2.24, 2.45) is 4.99 Å². The highest BCUT2D eigenvalue weighted by Crippen LogP contribution is 2.29. The number of nitrogens with one attached hydrogen (secondary N) is 2. The number of aromatic nitrogens is 1. The van der Waals surface area contributed by atoms with Crippen LogP contribution < -0.4 is 11.2 Å². The van der Waals surface area contributed by atoms with Crippen molar-refractivity contribution in [3.05, 3.63) is 83.6 Å². The zero-order chi connectivity index (χ0) is 22.7. The van der Waals surface area contributed by atoms with Crippen LogP contribution in [0.2, 0.25) is 0 Å². The van der Waals surface area contributed by atoms with Crippen molar-refractivity contribution in [3.8, 4) is 11.3 Å². The summed E-state index contributed by atoms with van der Waals surface area (Å²) in [5, 5.41) is 9.40. The number of likely N-dealkylation sites (tertiary alicyclic amines) is 1. The van der Waals surface area contributed by atoms with Crippen LogP contribution in [-0.2, 0) is 0 Å². The van der Waals surface area contributed by atoms with Crippen molar-refractivity contribution in [1.29, 1.82) is 0 Å². The first kappa shape index (κ1) is 21.4. The highest BCUT2D eigenvalue weighted by Gasteiger charge is 2.20. The molecule has 32 heavy (non-hydrogen) atoms. The molecule has 1 saturated heterocycles. The maximum absolute atomic E-state index is 12.6. The van der Waals surface area contributed by atoms with E-state index < -0.39 is 0 Å². The quantitative estimate of drug-likeness (QED) is 0.340. The molecule has 164 valence electrons. The minimum Gasteiger partial charge on any atom is -0.385 e. The minimum absolute atomic E-state index is 0.0778. The molecule has 7 nitrogen and oxygen atoms in total. The lowest BCUT2D eigenvalue weighted by atomic mass is 9.97. The minimum atomic E-state index is 0.0778. The van der Waals surface area contributed by atoms with Crippen LogP contribution in [0.25, 0.3) is 11.3 Å². The van der Waals surface area contributed by atoms with Crippen molar-refractivity contribution in [2.45, 2.75) is 19.8 Å². The monoisotopic (exact) mass is 429 g/mol. The summed E-state index contributed by atoms with van der Waals surface area (Å²) in [5.74, 6) is 0.550. The van der Waals surface area contributed by atoms with E-state index in [1.165, 1.54) is 6.20 Å². The number of anilines is 2. The first-order valence-electron chi connectivity index (χ1n) is 10.6. The topological polar surface area (TPSA) is 107 Å². The number of aromatic amines is 1. The van der Waals surface area contributed by atoms with Gasteiger partial charge in [-0.2, -0.15) is 0 Å². The Labute approximate surface area is 187 Å². The van der Waals surface area contributed by atoms with E-state index in [-0.39, 0.29) is 5.91 Å². The van der Waals surface area contributed by atoms with Crippen molar-refractivity contribution >= 4 is 23.1 Å². The Balaban J connectivity index is 1.67. The maximum atomic E-state index is 12.6. The van der Waals surface area contributed by atoms with E-state index in [9.17, 15) is 10.0 Å². The molecule has 0 saturated carbocycles. The molecule has 1 aromatic heterocycles. The molecule has 0 bridgehead atoms. The Morgan fingerprint density at radius 3 is 2.56 bits per heavy atom. The smallest absolute Gasteiger partial charge is 0.253 e. The van der Waals surface area contributed by atoms with Crippen LogP contribution in [0.5, 0.6) is 0 Å². The number of hydrogen-bond acceptors (Lipinski definition) is 5. The Morgan fingerprint density at radius 1 is 1.19 bits per heavy atom. The molecule has 3 aromatic rings. The summed E-state index contributed by atoms with van der Waals surface area (Å²) in [5.41, 5.74) is 14.6. The van der Waals surface area contributed by atoms with Crippen LogP contribution in [0.1, 0.15) is 39.9 Å². The van der Waals surface area contributed by atoms with Crippen LogP contribution in [0, 0.1) is 6.92 Å². The molecule has 4 rings (SSSR count). The lowest BCUT2D eigenvalue weighted by Crippen LogP contribution is -2.27. The van der Waals surface area contributed by atoms with Crippen molar-refractivity contribution in [1.82, 2.24) is 9.88 Å². The second-order valence-electron chi connectivity index (χ2n) is 7.84. The van der Waals surface area contributed by atoms with E-state index in [4.69, 9.17) is 5.73 Å². The summed E-state index contributed by atoms with van der Waals surface area (Å²) in [6.45, 7) is 7.29. The van der Waals surface area contributed by atoms with Gasteiger partial charge in [0.05, 0.1) is 11.4 Å². The van der Waals surface area contributed by atoms with E-state index in [1.807, 2.05) is 54.3 Å². The number of carbonyl (C=O) groups excluding carboxylic acids is 1. The van der Waals surface area contributed by atoms with Gasteiger partial charge in [-0.25, -0.2) is 0 Å². The van der Waals surface area contributed by atoms with E-state index in [2.05, 4.69) is 22.0 Å². The predicted octanol–water partition coefficient (Wildman–Crippen LogP) is 4.59.